The first-order valence-electron chi connectivity index (χ1n) is 5.81. The minimum atomic E-state index is -0.141. The smallest absolute Gasteiger partial charge is 0.314 e. The van der Waals surface area contributed by atoms with Gasteiger partial charge in [0.25, 0.3) is 0 Å². The Morgan fingerprint density at radius 3 is 1.80 bits per heavy atom. The molecular formula is C13H22O2. The van der Waals surface area contributed by atoms with E-state index in [0.717, 1.165) is 5.76 Å². The van der Waals surface area contributed by atoms with Crippen molar-refractivity contribution in [3.05, 3.63) is 24.0 Å². The van der Waals surface area contributed by atoms with Crippen LogP contribution in [0.25, 0.3) is 0 Å². The van der Waals surface area contributed by atoms with Crippen LogP contribution in [0.2, 0.25) is 0 Å². The number of hydrogen-bond acceptors (Lipinski definition) is 2. The van der Waals surface area contributed by atoms with Crippen LogP contribution >= 0.6 is 0 Å². The van der Waals surface area contributed by atoms with E-state index < -0.39 is 0 Å². The van der Waals surface area contributed by atoms with Crippen molar-refractivity contribution >= 4 is 5.97 Å². The molecule has 0 unspecified atom stereocenters. The summed E-state index contributed by atoms with van der Waals surface area (Å²) in [5, 5.41) is 0. The van der Waals surface area contributed by atoms with E-state index in [1.807, 2.05) is 13.8 Å². The van der Waals surface area contributed by atoms with Gasteiger partial charge in [-0.1, -0.05) is 26.0 Å². The van der Waals surface area contributed by atoms with Gasteiger partial charge in [-0.3, -0.25) is 4.79 Å². The molecule has 0 atom stereocenters. The van der Waals surface area contributed by atoms with Crippen molar-refractivity contribution in [2.24, 2.45) is 0 Å². The Morgan fingerprint density at radius 2 is 1.67 bits per heavy atom. The van der Waals surface area contributed by atoms with Crippen molar-refractivity contribution in [1.82, 2.24) is 0 Å². The van der Waals surface area contributed by atoms with Crippen molar-refractivity contribution in [3.63, 3.8) is 0 Å². The highest BCUT2D eigenvalue weighted by Gasteiger charge is 2.08. The van der Waals surface area contributed by atoms with E-state index >= 15 is 0 Å². The molecule has 0 fully saturated rings. The molecule has 0 aromatic carbocycles. The monoisotopic (exact) mass is 210 g/mol. The van der Waals surface area contributed by atoms with Crippen LogP contribution in [-0.2, 0) is 9.53 Å². The molecule has 0 saturated carbocycles. The van der Waals surface area contributed by atoms with Crippen LogP contribution in [-0.4, -0.2) is 5.97 Å². The maximum absolute atomic E-state index is 10.2. The summed E-state index contributed by atoms with van der Waals surface area (Å²) in [5.74, 6) is 0.586. The number of hydrogen-bond donors (Lipinski definition) is 0. The standard InChI is InChI=1S/C6H10.C5H6O2.C2H6/c1-2-4-6-5-3-1;1-4-2-3-5(6)7-4;1-2/h1-2H,3-6H2;2H,3H2,1H3;1-2H3. The van der Waals surface area contributed by atoms with Gasteiger partial charge in [-0.05, 0) is 38.7 Å². The first-order valence-corrected chi connectivity index (χ1v) is 5.81. The van der Waals surface area contributed by atoms with Gasteiger partial charge >= 0.3 is 5.97 Å². The highest BCUT2D eigenvalue weighted by molar-refractivity contribution is 5.74. The molecule has 1 aliphatic carbocycles. The van der Waals surface area contributed by atoms with E-state index in [-0.39, 0.29) is 5.97 Å². The zero-order valence-electron chi connectivity index (χ0n) is 10.1. The molecule has 15 heavy (non-hydrogen) atoms. The van der Waals surface area contributed by atoms with Crippen LogP contribution in [0.4, 0.5) is 0 Å². The second-order valence-corrected chi connectivity index (χ2v) is 3.25. The predicted molar refractivity (Wildman–Crippen MR) is 63.4 cm³/mol. The lowest BCUT2D eigenvalue weighted by Crippen LogP contribution is -1.90. The Bertz CT molecular complexity index is 219. The molecule has 0 bridgehead atoms. The lowest BCUT2D eigenvalue weighted by Gasteiger charge is -1.97. The van der Waals surface area contributed by atoms with Crippen molar-refractivity contribution in [2.75, 3.05) is 0 Å². The van der Waals surface area contributed by atoms with E-state index in [0.29, 0.717) is 6.42 Å². The lowest BCUT2D eigenvalue weighted by molar-refractivity contribution is -0.136. The van der Waals surface area contributed by atoms with Crippen molar-refractivity contribution in [3.8, 4) is 0 Å². The normalized spacial score (nSPS) is 17.8. The van der Waals surface area contributed by atoms with E-state index in [9.17, 15) is 4.79 Å². The number of cyclic esters (lactones) is 1. The predicted octanol–water partition coefficient (Wildman–Crippen LogP) is 3.98. The molecule has 0 N–H and O–H groups in total. The summed E-state index contributed by atoms with van der Waals surface area (Å²) in [6, 6.07) is 0. The van der Waals surface area contributed by atoms with Crippen LogP contribution in [0, 0.1) is 0 Å². The number of allylic oxidation sites excluding steroid dienone is 3. The van der Waals surface area contributed by atoms with Gasteiger partial charge in [0.2, 0.25) is 0 Å². The number of carbonyl (C=O) groups excluding carboxylic acids is 1. The summed E-state index contributed by atoms with van der Waals surface area (Å²) < 4.78 is 4.58. The second-order valence-electron chi connectivity index (χ2n) is 3.25. The van der Waals surface area contributed by atoms with E-state index in [2.05, 4.69) is 16.9 Å². The van der Waals surface area contributed by atoms with Crippen LogP contribution < -0.4 is 0 Å². The molecule has 0 aromatic rings. The van der Waals surface area contributed by atoms with Gasteiger partial charge in [-0.2, -0.15) is 0 Å². The molecule has 2 rings (SSSR count). The van der Waals surface area contributed by atoms with Crippen molar-refractivity contribution < 1.29 is 9.53 Å². The Hall–Kier alpha value is -1.05. The van der Waals surface area contributed by atoms with Crippen LogP contribution in [0.15, 0.2) is 24.0 Å². The Morgan fingerprint density at radius 1 is 1.13 bits per heavy atom. The summed E-state index contributed by atoms with van der Waals surface area (Å²) >= 11 is 0. The fraction of sp³-hybridized carbons (Fsp3) is 0.615. The largest absolute Gasteiger partial charge is 0.431 e. The van der Waals surface area contributed by atoms with Gasteiger partial charge < -0.3 is 4.74 Å². The summed E-state index contributed by atoms with van der Waals surface area (Å²) in [5.41, 5.74) is 0. The maximum Gasteiger partial charge on any atom is 0.314 e. The minimum absolute atomic E-state index is 0.141. The lowest BCUT2D eigenvalue weighted by atomic mass is 10.1. The molecule has 2 nitrogen and oxygen atoms in total. The van der Waals surface area contributed by atoms with E-state index in [1.165, 1.54) is 25.7 Å². The highest BCUT2D eigenvalue weighted by atomic mass is 16.5. The summed E-state index contributed by atoms with van der Waals surface area (Å²) in [4.78, 5) is 10.2. The molecule has 0 radical (unpaired) electrons. The van der Waals surface area contributed by atoms with Crippen LogP contribution in [0.1, 0.15) is 52.9 Å². The quantitative estimate of drug-likeness (QED) is 0.446. The van der Waals surface area contributed by atoms with Gasteiger partial charge in [0, 0.05) is 0 Å². The Kier molecular flexibility index (Phi) is 8.84. The van der Waals surface area contributed by atoms with Gasteiger partial charge in [0.05, 0.1) is 6.42 Å². The molecule has 1 heterocycles. The Labute approximate surface area is 93.0 Å². The van der Waals surface area contributed by atoms with Gasteiger partial charge in [0.1, 0.15) is 5.76 Å². The van der Waals surface area contributed by atoms with Gasteiger partial charge in [-0.25, -0.2) is 0 Å². The SMILES string of the molecule is C1=CCCCC1.CC.CC1=CCC(=O)O1. The van der Waals surface area contributed by atoms with Gasteiger partial charge in [-0.15, -0.1) is 0 Å². The van der Waals surface area contributed by atoms with Gasteiger partial charge in [0.15, 0.2) is 0 Å². The zero-order chi connectivity index (χ0) is 11.5. The minimum Gasteiger partial charge on any atom is -0.431 e. The molecule has 0 spiro atoms. The molecule has 0 saturated heterocycles. The van der Waals surface area contributed by atoms with E-state index in [1.54, 1.807) is 13.0 Å². The average Bonchev–Trinajstić information content (AvgIpc) is 2.69. The molecule has 2 heteroatoms. The first-order chi connectivity index (χ1) is 7.29. The number of ether oxygens (including phenoxy) is 1. The fourth-order valence-electron chi connectivity index (χ4n) is 1.25. The third-order valence-corrected chi connectivity index (χ3v) is 1.99. The molecule has 1 aliphatic heterocycles. The fourth-order valence-corrected chi connectivity index (χ4v) is 1.25. The van der Waals surface area contributed by atoms with Crippen molar-refractivity contribution in [2.45, 2.75) is 52.9 Å². The summed E-state index contributed by atoms with van der Waals surface area (Å²) in [7, 11) is 0. The summed E-state index contributed by atoms with van der Waals surface area (Å²) in [6.45, 7) is 5.77. The number of carbonyl (C=O) groups is 1. The molecule has 0 aromatic heterocycles. The molecule has 0 amide bonds. The average molecular weight is 210 g/mol. The highest BCUT2D eigenvalue weighted by Crippen LogP contribution is 2.08. The number of esters is 1. The zero-order valence-corrected chi connectivity index (χ0v) is 10.1. The number of rotatable bonds is 0. The van der Waals surface area contributed by atoms with Crippen LogP contribution in [0.5, 0.6) is 0 Å². The second kappa shape index (κ2) is 9.50. The van der Waals surface area contributed by atoms with Crippen LogP contribution in [0.3, 0.4) is 0 Å². The van der Waals surface area contributed by atoms with E-state index in [4.69, 9.17) is 0 Å². The Balaban J connectivity index is 0.000000227. The topological polar surface area (TPSA) is 26.3 Å². The third-order valence-electron chi connectivity index (χ3n) is 1.99. The molecule has 86 valence electrons. The first kappa shape index (κ1) is 13.9. The maximum atomic E-state index is 10.2. The van der Waals surface area contributed by atoms with Crippen molar-refractivity contribution in [1.29, 1.82) is 0 Å². The molecule has 2 aliphatic rings. The molecular weight excluding hydrogens is 188 g/mol. The third kappa shape index (κ3) is 7.98. The summed E-state index contributed by atoms with van der Waals surface area (Å²) in [6.07, 6.45) is 12.2.